The third kappa shape index (κ3) is 3.08. The first-order valence-corrected chi connectivity index (χ1v) is 6.05. The van der Waals surface area contributed by atoms with Crippen molar-refractivity contribution in [3.8, 4) is 0 Å². The van der Waals surface area contributed by atoms with E-state index in [0.717, 1.165) is 16.8 Å². The molecule has 0 aliphatic heterocycles. The van der Waals surface area contributed by atoms with Crippen LogP contribution in [0.3, 0.4) is 0 Å². The lowest BCUT2D eigenvalue weighted by molar-refractivity contribution is 0.159. The largest absolute Gasteiger partial charge is 0.396 e. The van der Waals surface area contributed by atoms with Gasteiger partial charge in [0.05, 0.1) is 0 Å². The van der Waals surface area contributed by atoms with Crippen LogP contribution in [0.4, 0.5) is 0 Å². The Morgan fingerprint density at radius 1 is 1.11 bits per heavy atom. The molecule has 4 heteroatoms. The van der Waals surface area contributed by atoms with Gasteiger partial charge in [-0.3, -0.25) is 4.98 Å². The zero-order chi connectivity index (χ0) is 12.8. The van der Waals surface area contributed by atoms with Crippen LogP contribution in [-0.2, 0) is 4.84 Å². The van der Waals surface area contributed by atoms with E-state index in [1.54, 1.807) is 12.4 Å². The van der Waals surface area contributed by atoms with Gasteiger partial charge in [-0.1, -0.05) is 28.9 Å². The first-order chi connectivity index (χ1) is 8.81. The smallest absolute Gasteiger partial charge is 0.117 e. The van der Waals surface area contributed by atoms with E-state index in [2.05, 4.69) is 10.1 Å². The summed E-state index contributed by atoms with van der Waals surface area (Å²) in [5, 5.41) is 4.86. The summed E-state index contributed by atoms with van der Waals surface area (Å²) in [5.41, 5.74) is 2.69. The molecule has 92 valence electrons. The van der Waals surface area contributed by atoms with Gasteiger partial charge in [0, 0.05) is 28.5 Å². The Balaban J connectivity index is 2.40. The maximum absolute atomic E-state index is 5.89. The normalized spacial score (nSPS) is 11.3. The molecule has 0 radical (unpaired) electrons. The summed E-state index contributed by atoms with van der Waals surface area (Å²) in [6, 6.07) is 11.3. The number of oxime groups is 1. The molecule has 0 bridgehead atoms. The van der Waals surface area contributed by atoms with Crippen LogP contribution < -0.4 is 0 Å². The van der Waals surface area contributed by atoms with Crippen LogP contribution in [0, 0.1) is 0 Å². The van der Waals surface area contributed by atoms with E-state index in [1.165, 1.54) is 0 Å². The molecule has 1 heterocycles. The zero-order valence-electron chi connectivity index (χ0n) is 10.0. The summed E-state index contributed by atoms with van der Waals surface area (Å²) in [6.45, 7) is 2.43. The van der Waals surface area contributed by atoms with Crippen molar-refractivity contribution in [2.24, 2.45) is 5.16 Å². The SMILES string of the molecule is CCO/N=C(/c1ccncc1)c1ccc(Cl)cc1. The van der Waals surface area contributed by atoms with Gasteiger partial charge < -0.3 is 4.84 Å². The monoisotopic (exact) mass is 260 g/mol. The van der Waals surface area contributed by atoms with Crippen molar-refractivity contribution in [2.45, 2.75) is 6.92 Å². The van der Waals surface area contributed by atoms with Gasteiger partial charge >= 0.3 is 0 Å². The van der Waals surface area contributed by atoms with E-state index in [1.807, 2.05) is 43.3 Å². The summed E-state index contributed by atoms with van der Waals surface area (Å²) in [5.74, 6) is 0. The van der Waals surface area contributed by atoms with E-state index in [-0.39, 0.29) is 0 Å². The summed E-state index contributed by atoms with van der Waals surface area (Å²) in [4.78, 5) is 9.17. The fraction of sp³-hybridized carbons (Fsp3) is 0.143. The van der Waals surface area contributed by atoms with E-state index in [9.17, 15) is 0 Å². The minimum absolute atomic E-state index is 0.530. The van der Waals surface area contributed by atoms with Crippen LogP contribution in [0.2, 0.25) is 5.02 Å². The van der Waals surface area contributed by atoms with E-state index >= 15 is 0 Å². The van der Waals surface area contributed by atoms with Crippen molar-refractivity contribution in [3.05, 3.63) is 64.9 Å². The minimum Gasteiger partial charge on any atom is -0.396 e. The Labute approximate surface area is 111 Å². The van der Waals surface area contributed by atoms with Gasteiger partial charge in [-0.05, 0) is 31.2 Å². The highest BCUT2D eigenvalue weighted by molar-refractivity contribution is 6.30. The lowest BCUT2D eigenvalue weighted by atomic mass is 10.0. The van der Waals surface area contributed by atoms with E-state index in [0.29, 0.717) is 11.6 Å². The second kappa shape index (κ2) is 6.17. The minimum atomic E-state index is 0.530. The highest BCUT2D eigenvalue weighted by atomic mass is 35.5. The van der Waals surface area contributed by atoms with Gasteiger partial charge in [0.1, 0.15) is 12.3 Å². The Morgan fingerprint density at radius 2 is 1.72 bits per heavy atom. The molecule has 0 aliphatic rings. The number of halogens is 1. The van der Waals surface area contributed by atoms with E-state index < -0.39 is 0 Å². The maximum atomic E-state index is 5.89. The molecule has 0 saturated heterocycles. The molecule has 0 atom stereocenters. The number of pyridine rings is 1. The van der Waals surface area contributed by atoms with Crippen molar-refractivity contribution in [2.75, 3.05) is 6.61 Å². The van der Waals surface area contributed by atoms with Crippen LogP contribution in [0.1, 0.15) is 18.1 Å². The molecule has 1 aromatic carbocycles. The van der Waals surface area contributed by atoms with Crippen molar-refractivity contribution in [1.29, 1.82) is 0 Å². The molecule has 0 unspecified atom stereocenters. The third-order valence-electron chi connectivity index (χ3n) is 2.36. The van der Waals surface area contributed by atoms with Crippen molar-refractivity contribution >= 4 is 17.3 Å². The third-order valence-corrected chi connectivity index (χ3v) is 2.61. The molecule has 2 rings (SSSR count). The molecule has 0 N–H and O–H groups in total. The average Bonchev–Trinajstić information content (AvgIpc) is 2.42. The zero-order valence-corrected chi connectivity index (χ0v) is 10.8. The van der Waals surface area contributed by atoms with Gasteiger partial charge in [-0.15, -0.1) is 0 Å². The van der Waals surface area contributed by atoms with Crippen molar-refractivity contribution in [3.63, 3.8) is 0 Å². The Kier molecular flexibility index (Phi) is 4.31. The predicted octanol–water partition coefficient (Wildman–Crippen LogP) is 3.52. The van der Waals surface area contributed by atoms with Crippen LogP contribution in [0.15, 0.2) is 53.9 Å². The van der Waals surface area contributed by atoms with Crippen LogP contribution >= 0.6 is 11.6 Å². The molecular weight excluding hydrogens is 248 g/mol. The van der Waals surface area contributed by atoms with Crippen LogP contribution in [-0.4, -0.2) is 17.3 Å². The number of rotatable bonds is 4. The molecule has 1 aromatic heterocycles. The van der Waals surface area contributed by atoms with Gasteiger partial charge in [0.25, 0.3) is 0 Å². The molecule has 18 heavy (non-hydrogen) atoms. The first kappa shape index (κ1) is 12.6. The first-order valence-electron chi connectivity index (χ1n) is 5.67. The Hall–Kier alpha value is -1.87. The highest BCUT2D eigenvalue weighted by Crippen LogP contribution is 2.14. The van der Waals surface area contributed by atoms with Crippen LogP contribution in [0.5, 0.6) is 0 Å². The summed E-state index contributed by atoms with van der Waals surface area (Å²) < 4.78 is 0. The topological polar surface area (TPSA) is 34.5 Å². The summed E-state index contributed by atoms with van der Waals surface area (Å²) in [7, 11) is 0. The maximum Gasteiger partial charge on any atom is 0.117 e. The fourth-order valence-electron chi connectivity index (χ4n) is 1.52. The molecule has 0 aliphatic carbocycles. The van der Waals surface area contributed by atoms with Crippen molar-refractivity contribution in [1.82, 2.24) is 4.98 Å². The highest BCUT2D eigenvalue weighted by Gasteiger charge is 2.07. The van der Waals surface area contributed by atoms with Gasteiger partial charge in [-0.25, -0.2) is 0 Å². The quantitative estimate of drug-likeness (QED) is 0.623. The van der Waals surface area contributed by atoms with Gasteiger partial charge in [0.15, 0.2) is 0 Å². The number of benzene rings is 1. The summed E-state index contributed by atoms with van der Waals surface area (Å²) >= 11 is 5.89. The lowest BCUT2D eigenvalue weighted by Gasteiger charge is -2.06. The molecule has 0 amide bonds. The van der Waals surface area contributed by atoms with E-state index in [4.69, 9.17) is 16.4 Å². The molecule has 2 aromatic rings. The Morgan fingerprint density at radius 3 is 2.33 bits per heavy atom. The number of nitrogens with zero attached hydrogens (tertiary/aromatic N) is 2. The number of hydrogen-bond acceptors (Lipinski definition) is 3. The van der Waals surface area contributed by atoms with Gasteiger partial charge in [-0.2, -0.15) is 0 Å². The number of aromatic nitrogens is 1. The standard InChI is InChI=1S/C14H13ClN2O/c1-2-18-17-14(12-7-9-16-10-8-12)11-3-5-13(15)6-4-11/h3-10H,2H2,1H3/b17-14+. The molecular formula is C14H13ClN2O. The summed E-state index contributed by atoms with van der Waals surface area (Å²) in [6.07, 6.45) is 3.46. The number of hydrogen-bond donors (Lipinski definition) is 0. The average molecular weight is 261 g/mol. The fourth-order valence-corrected chi connectivity index (χ4v) is 1.64. The van der Waals surface area contributed by atoms with Crippen molar-refractivity contribution < 1.29 is 4.84 Å². The molecule has 0 spiro atoms. The second-order valence-electron chi connectivity index (χ2n) is 3.60. The molecule has 3 nitrogen and oxygen atoms in total. The van der Waals surface area contributed by atoms with Gasteiger partial charge in [0.2, 0.25) is 0 Å². The van der Waals surface area contributed by atoms with Crippen LogP contribution in [0.25, 0.3) is 0 Å². The molecule has 0 saturated carbocycles. The lowest BCUT2D eigenvalue weighted by Crippen LogP contribution is -2.04. The molecule has 0 fully saturated rings. The second-order valence-corrected chi connectivity index (χ2v) is 4.04. The predicted molar refractivity (Wildman–Crippen MR) is 73.0 cm³/mol. The Bertz CT molecular complexity index is 523.